The Morgan fingerprint density at radius 3 is 2.53 bits per heavy atom. The number of carbonyl (C=O) groups excluding carboxylic acids is 3. The zero-order valence-corrected chi connectivity index (χ0v) is 25.2. The molecule has 1 fully saturated rings. The van der Waals surface area contributed by atoms with E-state index in [0.717, 1.165) is 24.7 Å². The van der Waals surface area contributed by atoms with E-state index in [1.807, 2.05) is 12.1 Å². The summed E-state index contributed by atoms with van der Waals surface area (Å²) in [6.45, 7) is 3.42. The first kappa shape index (κ1) is 31.5. The van der Waals surface area contributed by atoms with E-state index in [9.17, 15) is 19.2 Å². The van der Waals surface area contributed by atoms with Crippen LogP contribution in [0.3, 0.4) is 0 Å². The molecular formula is C34H38N4O7. The van der Waals surface area contributed by atoms with Gasteiger partial charge < -0.3 is 30.1 Å². The van der Waals surface area contributed by atoms with Crippen LogP contribution in [0.1, 0.15) is 36.9 Å². The average molecular weight is 615 g/mol. The summed E-state index contributed by atoms with van der Waals surface area (Å²) >= 11 is 0. The van der Waals surface area contributed by atoms with Crippen molar-refractivity contribution in [2.24, 2.45) is 0 Å². The molecular weight excluding hydrogens is 576 g/mol. The topological polar surface area (TPSA) is 138 Å². The third-order valence-corrected chi connectivity index (χ3v) is 8.31. The molecule has 0 radical (unpaired) electrons. The number of likely N-dealkylation sites (tertiary alicyclic amines) is 1. The molecule has 1 atom stereocenters. The molecule has 45 heavy (non-hydrogen) atoms. The standard InChI is InChI=1S/C34H38N4O7/c1-23(27-9-4-7-25-6-2-3-8-28(25)27)37-16-13-26(14-17-37)38(21-32(40)36-20-31(39)35-15-5-10-34(42)43)33(41)19-24-11-12-29-30(18-24)45-22-44-29/h2-12,18,23,26H,13-17,19-22H2,1H3,(H,35,39)(H,36,40)(H,42,43)/b10-5+/t23-/m1/s1. The first-order valence-electron chi connectivity index (χ1n) is 15.1. The summed E-state index contributed by atoms with van der Waals surface area (Å²) in [6.07, 6.45) is 3.72. The first-order valence-corrected chi connectivity index (χ1v) is 15.1. The van der Waals surface area contributed by atoms with Crippen LogP contribution in [0.5, 0.6) is 11.5 Å². The maximum atomic E-state index is 13.7. The Morgan fingerprint density at radius 1 is 0.978 bits per heavy atom. The molecule has 0 spiro atoms. The highest BCUT2D eigenvalue weighted by molar-refractivity contribution is 5.89. The van der Waals surface area contributed by atoms with Crippen LogP contribution >= 0.6 is 0 Å². The first-order chi connectivity index (χ1) is 21.8. The molecule has 11 nitrogen and oxygen atoms in total. The van der Waals surface area contributed by atoms with Crippen LogP contribution in [0, 0.1) is 0 Å². The number of hydrogen-bond donors (Lipinski definition) is 3. The Morgan fingerprint density at radius 2 is 1.73 bits per heavy atom. The van der Waals surface area contributed by atoms with Crippen LogP contribution in [0.2, 0.25) is 0 Å². The Bertz CT molecular complexity index is 1580. The number of hydrogen-bond acceptors (Lipinski definition) is 7. The molecule has 0 unspecified atom stereocenters. The Balaban J connectivity index is 1.23. The second-order valence-electron chi connectivity index (χ2n) is 11.2. The lowest BCUT2D eigenvalue weighted by molar-refractivity contribution is -0.139. The van der Waals surface area contributed by atoms with Gasteiger partial charge in [0.15, 0.2) is 11.5 Å². The quantitative estimate of drug-likeness (QED) is 0.265. The van der Waals surface area contributed by atoms with Crippen molar-refractivity contribution in [2.75, 3.05) is 39.5 Å². The fourth-order valence-corrected chi connectivity index (χ4v) is 5.93. The Labute approximate surface area is 261 Å². The van der Waals surface area contributed by atoms with Crippen molar-refractivity contribution >= 4 is 34.5 Å². The SMILES string of the molecule is C[C@H](c1cccc2ccccc12)N1CCC(N(CC(=O)NCC(=O)NC/C=C/C(=O)O)C(=O)Cc2ccc3c(c2)OCO3)CC1. The van der Waals surface area contributed by atoms with Gasteiger partial charge in [0.2, 0.25) is 24.5 Å². The molecule has 0 aromatic heterocycles. The van der Waals surface area contributed by atoms with Crippen LogP contribution in [0.25, 0.3) is 10.8 Å². The van der Waals surface area contributed by atoms with Gasteiger partial charge in [-0.3, -0.25) is 19.3 Å². The molecule has 0 aliphatic carbocycles. The lowest BCUT2D eigenvalue weighted by Crippen LogP contribution is -2.52. The second-order valence-corrected chi connectivity index (χ2v) is 11.2. The van der Waals surface area contributed by atoms with Crippen molar-refractivity contribution in [3.8, 4) is 11.5 Å². The number of carboxylic acids is 1. The van der Waals surface area contributed by atoms with E-state index in [1.165, 1.54) is 22.4 Å². The molecule has 3 aromatic carbocycles. The molecule has 5 rings (SSSR count). The second kappa shape index (κ2) is 14.7. The summed E-state index contributed by atoms with van der Waals surface area (Å²) in [5, 5.41) is 16.2. The number of piperidine rings is 1. The van der Waals surface area contributed by atoms with Gasteiger partial charge in [-0.2, -0.15) is 0 Å². The third-order valence-electron chi connectivity index (χ3n) is 8.31. The van der Waals surface area contributed by atoms with Crippen molar-refractivity contribution in [3.63, 3.8) is 0 Å². The smallest absolute Gasteiger partial charge is 0.328 e. The number of aliphatic carboxylic acids is 1. The molecule has 236 valence electrons. The zero-order chi connectivity index (χ0) is 31.8. The van der Waals surface area contributed by atoms with E-state index in [4.69, 9.17) is 14.6 Å². The number of carbonyl (C=O) groups is 4. The van der Waals surface area contributed by atoms with Gasteiger partial charge in [-0.25, -0.2) is 4.79 Å². The van der Waals surface area contributed by atoms with Crippen LogP contribution in [0.4, 0.5) is 0 Å². The van der Waals surface area contributed by atoms with Crippen LogP contribution in [0.15, 0.2) is 72.8 Å². The van der Waals surface area contributed by atoms with E-state index >= 15 is 0 Å². The lowest BCUT2D eigenvalue weighted by Gasteiger charge is -2.41. The summed E-state index contributed by atoms with van der Waals surface area (Å²) in [5.41, 5.74) is 2.02. The van der Waals surface area contributed by atoms with Gasteiger partial charge in [0.1, 0.15) is 0 Å². The van der Waals surface area contributed by atoms with Crippen LogP contribution in [-0.2, 0) is 25.6 Å². The molecule has 2 heterocycles. The van der Waals surface area contributed by atoms with Crippen molar-refractivity contribution in [1.82, 2.24) is 20.4 Å². The van der Waals surface area contributed by atoms with Gasteiger partial charge in [0.25, 0.3) is 0 Å². The van der Waals surface area contributed by atoms with E-state index in [2.05, 4.69) is 58.9 Å². The number of ether oxygens (including phenoxy) is 2. The number of nitrogens with one attached hydrogen (secondary N) is 2. The van der Waals surface area contributed by atoms with Crippen molar-refractivity contribution in [3.05, 3.63) is 83.9 Å². The monoisotopic (exact) mass is 614 g/mol. The summed E-state index contributed by atoms with van der Waals surface area (Å²) in [7, 11) is 0. The number of rotatable bonds is 12. The average Bonchev–Trinajstić information content (AvgIpc) is 3.52. The Hall–Kier alpha value is -4.90. The molecule has 1 saturated heterocycles. The predicted octanol–water partition coefficient (Wildman–Crippen LogP) is 3.04. The number of nitrogens with zero attached hydrogens (tertiary/aromatic N) is 2. The van der Waals surface area contributed by atoms with Gasteiger partial charge in [0.05, 0.1) is 19.5 Å². The third kappa shape index (κ3) is 8.18. The van der Waals surface area contributed by atoms with Crippen LogP contribution in [-0.4, -0.2) is 84.2 Å². The van der Waals surface area contributed by atoms with E-state index in [-0.39, 0.29) is 50.8 Å². The number of benzene rings is 3. The van der Waals surface area contributed by atoms with Crippen molar-refractivity contribution < 1.29 is 33.8 Å². The zero-order valence-electron chi connectivity index (χ0n) is 25.2. The Kier molecular flexibility index (Phi) is 10.3. The lowest BCUT2D eigenvalue weighted by atomic mass is 9.95. The summed E-state index contributed by atoms with van der Waals surface area (Å²) < 4.78 is 10.9. The van der Waals surface area contributed by atoms with E-state index < -0.39 is 17.8 Å². The fraction of sp³-hybridized carbons (Fsp3) is 0.353. The van der Waals surface area contributed by atoms with Gasteiger partial charge in [0, 0.05) is 37.8 Å². The molecule has 2 aliphatic rings. The van der Waals surface area contributed by atoms with Crippen molar-refractivity contribution in [2.45, 2.75) is 38.3 Å². The summed E-state index contributed by atoms with van der Waals surface area (Å²) in [5.74, 6) is -0.995. The fourth-order valence-electron chi connectivity index (χ4n) is 5.93. The molecule has 3 amide bonds. The van der Waals surface area contributed by atoms with Gasteiger partial charge >= 0.3 is 5.97 Å². The maximum Gasteiger partial charge on any atom is 0.328 e. The minimum atomic E-state index is -1.11. The minimum Gasteiger partial charge on any atom is -0.478 e. The summed E-state index contributed by atoms with van der Waals surface area (Å²) in [6, 6.07) is 20.2. The predicted molar refractivity (Wildman–Crippen MR) is 168 cm³/mol. The molecule has 0 saturated carbocycles. The molecule has 2 aliphatic heterocycles. The van der Waals surface area contributed by atoms with Gasteiger partial charge in [-0.15, -0.1) is 0 Å². The summed E-state index contributed by atoms with van der Waals surface area (Å²) in [4.78, 5) is 53.5. The highest BCUT2D eigenvalue weighted by atomic mass is 16.7. The molecule has 11 heteroatoms. The largest absolute Gasteiger partial charge is 0.478 e. The highest BCUT2D eigenvalue weighted by Gasteiger charge is 2.32. The molecule has 3 N–H and O–H groups in total. The highest BCUT2D eigenvalue weighted by Crippen LogP contribution is 2.33. The normalized spacial score (nSPS) is 15.6. The number of carboxylic acid groups (broad SMARTS) is 1. The van der Waals surface area contributed by atoms with E-state index in [0.29, 0.717) is 24.3 Å². The molecule has 0 bridgehead atoms. The van der Waals surface area contributed by atoms with E-state index in [1.54, 1.807) is 17.0 Å². The maximum absolute atomic E-state index is 13.7. The van der Waals surface area contributed by atoms with Crippen LogP contribution < -0.4 is 20.1 Å². The van der Waals surface area contributed by atoms with Crippen molar-refractivity contribution in [1.29, 1.82) is 0 Å². The van der Waals surface area contributed by atoms with Gasteiger partial charge in [-0.05, 0) is 53.8 Å². The number of amides is 3. The number of fused-ring (bicyclic) bond motifs is 2. The minimum absolute atomic E-state index is 0.0247. The molecule has 3 aromatic rings. The van der Waals surface area contributed by atoms with Gasteiger partial charge in [-0.1, -0.05) is 54.6 Å².